The molecule has 0 radical (unpaired) electrons. The van der Waals surface area contributed by atoms with Gasteiger partial charge in [-0.1, -0.05) is 0 Å². The van der Waals surface area contributed by atoms with E-state index in [-0.39, 0.29) is 10.2 Å². The highest BCUT2D eigenvalue weighted by molar-refractivity contribution is 9.10. The number of carbonyl (C=O) groups excluding carboxylic acids is 1. The van der Waals surface area contributed by atoms with Crippen LogP contribution in [-0.4, -0.2) is 31.2 Å². The van der Waals surface area contributed by atoms with E-state index in [0.717, 1.165) is 16.4 Å². The maximum atomic E-state index is 13.9. The number of anilines is 1. The number of benzene rings is 1. The number of nitrogens with zero attached hydrogens (tertiary/aromatic N) is 1. The van der Waals surface area contributed by atoms with E-state index < -0.39 is 39.2 Å². The number of sulfonamides is 1. The summed E-state index contributed by atoms with van der Waals surface area (Å²) in [7, 11) is -4.21. The Morgan fingerprint density at radius 3 is 2.45 bits per heavy atom. The van der Waals surface area contributed by atoms with Crippen LogP contribution in [0, 0.1) is 5.82 Å². The summed E-state index contributed by atoms with van der Waals surface area (Å²) in [6.45, 7) is 2.58. The fourth-order valence-corrected chi connectivity index (χ4v) is 3.57. The van der Waals surface area contributed by atoms with Gasteiger partial charge in [-0.25, -0.2) is 12.8 Å². The van der Waals surface area contributed by atoms with Crippen molar-refractivity contribution in [3.63, 3.8) is 0 Å². The van der Waals surface area contributed by atoms with E-state index in [1.54, 1.807) is 13.8 Å². The van der Waals surface area contributed by atoms with Gasteiger partial charge in [0.1, 0.15) is 10.7 Å². The lowest BCUT2D eigenvalue weighted by atomic mass is 10.3. The zero-order chi connectivity index (χ0) is 15.7. The van der Waals surface area contributed by atoms with Crippen LogP contribution in [0.4, 0.5) is 10.1 Å². The van der Waals surface area contributed by atoms with Gasteiger partial charge in [0.2, 0.25) is 15.9 Å². The molecule has 0 aliphatic rings. The summed E-state index contributed by atoms with van der Waals surface area (Å²) < 4.78 is 39.8. The zero-order valence-corrected chi connectivity index (χ0v) is 13.3. The Balaban J connectivity index is 3.41. The third-order valence-electron chi connectivity index (χ3n) is 2.53. The molecule has 1 amide bonds. The number of amides is 1. The minimum Gasteiger partial charge on any atom is -0.398 e. The van der Waals surface area contributed by atoms with Gasteiger partial charge < -0.3 is 11.5 Å². The molecule has 0 bridgehead atoms. The van der Waals surface area contributed by atoms with Crippen molar-refractivity contribution in [2.24, 2.45) is 5.73 Å². The first-order valence-electron chi connectivity index (χ1n) is 5.62. The molecule has 0 saturated carbocycles. The summed E-state index contributed by atoms with van der Waals surface area (Å²) in [4.78, 5) is 10.4. The second-order valence-electron chi connectivity index (χ2n) is 4.41. The van der Waals surface area contributed by atoms with Gasteiger partial charge in [0.25, 0.3) is 0 Å². The van der Waals surface area contributed by atoms with E-state index in [0.29, 0.717) is 0 Å². The van der Waals surface area contributed by atoms with Crippen LogP contribution in [0.1, 0.15) is 13.8 Å². The largest absolute Gasteiger partial charge is 0.398 e. The molecule has 0 unspecified atom stereocenters. The molecule has 0 spiro atoms. The molecule has 20 heavy (non-hydrogen) atoms. The normalized spacial score (nSPS) is 12.1. The smallest absolute Gasteiger partial charge is 0.246 e. The van der Waals surface area contributed by atoms with Gasteiger partial charge in [0, 0.05) is 16.2 Å². The van der Waals surface area contributed by atoms with E-state index in [1.165, 1.54) is 0 Å². The molecular formula is C11H15BrFN3O3S. The number of carbonyl (C=O) groups is 1. The van der Waals surface area contributed by atoms with E-state index >= 15 is 0 Å². The number of primary amides is 1. The first-order valence-corrected chi connectivity index (χ1v) is 7.85. The third kappa shape index (κ3) is 3.47. The SMILES string of the molecule is CC(C)N(CC(N)=O)S(=O)(=O)c1cc(N)c(Br)cc1F. The minimum atomic E-state index is -4.21. The maximum Gasteiger partial charge on any atom is 0.246 e. The van der Waals surface area contributed by atoms with Crippen molar-refractivity contribution >= 4 is 37.5 Å². The van der Waals surface area contributed by atoms with Crippen LogP contribution < -0.4 is 11.5 Å². The van der Waals surface area contributed by atoms with Crippen LogP contribution in [0.3, 0.4) is 0 Å². The van der Waals surface area contributed by atoms with Crippen molar-refractivity contribution in [1.29, 1.82) is 0 Å². The van der Waals surface area contributed by atoms with Gasteiger partial charge in [-0.15, -0.1) is 0 Å². The average molecular weight is 368 g/mol. The number of halogens is 2. The van der Waals surface area contributed by atoms with E-state index in [2.05, 4.69) is 15.9 Å². The van der Waals surface area contributed by atoms with Crippen molar-refractivity contribution in [3.05, 3.63) is 22.4 Å². The molecule has 112 valence electrons. The summed E-state index contributed by atoms with van der Waals surface area (Å²) in [5.74, 6) is -1.78. The predicted octanol–water partition coefficient (Wildman–Crippen LogP) is 1.05. The number of hydrogen-bond donors (Lipinski definition) is 2. The predicted molar refractivity (Wildman–Crippen MR) is 76.7 cm³/mol. The molecule has 4 N–H and O–H groups in total. The Morgan fingerprint density at radius 2 is 2.00 bits per heavy atom. The summed E-state index contributed by atoms with van der Waals surface area (Å²) >= 11 is 3.01. The lowest BCUT2D eigenvalue weighted by Crippen LogP contribution is -2.42. The van der Waals surface area contributed by atoms with Crippen molar-refractivity contribution in [2.45, 2.75) is 24.8 Å². The monoisotopic (exact) mass is 367 g/mol. The molecular weight excluding hydrogens is 353 g/mol. The molecule has 0 aliphatic carbocycles. The van der Waals surface area contributed by atoms with Crippen LogP contribution in [0.2, 0.25) is 0 Å². The second kappa shape index (κ2) is 6.06. The van der Waals surface area contributed by atoms with Gasteiger partial charge in [0.05, 0.1) is 6.54 Å². The lowest BCUT2D eigenvalue weighted by Gasteiger charge is -2.24. The van der Waals surface area contributed by atoms with Gasteiger partial charge in [-0.2, -0.15) is 4.31 Å². The molecule has 0 saturated heterocycles. The van der Waals surface area contributed by atoms with Crippen LogP contribution in [0.15, 0.2) is 21.5 Å². The highest BCUT2D eigenvalue weighted by atomic mass is 79.9. The lowest BCUT2D eigenvalue weighted by molar-refractivity contribution is -0.118. The average Bonchev–Trinajstić information content (AvgIpc) is 2.29. The fraction of sp³-hybridized carbons (Fsp3) is 0.364. The van der Waals surface area contributed by atoms with Gasteiger partial charge in [0.15, 0.2) is 0 Å². The molecule has 9 heteroatoms. The summed E-state index contributed by atoms with van der Waals surface area (Å²) in [6, 6.07) is 1.41. The van der Waals surface area contributed by atoms with Crippen molar-refractivity contribution in [2.75, 3.05) is 12.3 Å². The Labute approximate surface area is 125 Å². The highest BCUT2D eigenvalue weighted by Gasteiger charge is 2.31. The van der Waals surface area contributed by atoms with Crippen LogP contribution in [0.5, 0.6) is 0 Å². The first kappa shape index (κ1) is 16.9. The minimum absolute atomic E-state index is 0.0766. The number of rotatable bonds is 5. The van der Waals surface area contributed by atoms with E-state index in [9.17, 15) is 17.6 Å². The molecule has 6 nitrogen and oxygen atoms in total. The molecule has 1 rings (SSSR count). The molecule has 0 atom stereocenters. The first-order chi connectivity index (χ1) is 9.07. The molecule has 1 aromatic carbocycles. The topological polar surface area (TPSA) is 106 Å². The van der Waals surface area contributed by atoms with Crippen molar-refractivity contribution < 1.29 is 17.6 Å². The molecule has 0 fully saturated rings. The standard InChI is InChI=1S/C11H15BrFN3O3S/c1-6(2)16(5-11(15)17)20(18,19)10-4-9(14)7(12)3-8(10)13/h3-4,6H,5,14H2,1-2H3,(H2,15,17). The molecule has 0 heterocycles. The van der Waals surface area contributed by atoms with Gasteiger partial charge >= 0.3 is 0 Å². The highest BCUT2D eigenvalue weighted by Crippen LogP contribution is 2.28. The zero-order valence-electron chi connectivity index (χ0n) is 10.9. The quantitative estimate of drug-likeness (QED) is 0.758. The summed E-state index contributed by atoms with van der Waals surface area (Å²) in [5, 5.41) is 0. The second-order valence-corrected chi connectivity index (χ2v) is 7.13. The Hall–Kier alpha value is -1.19. The van der Waals surface area contributed by atoms with E-state index in [1.807, 2.05) is 0 Å². The van der Waals surface area contributed by atoms with E-state index in [4.69, 9.17) is 11.5 Å². The number of nitrogen functional groups attached to an aromatic ring is 1. The van der Waals surface area contributed by atoms with Crippen LogP contribution in [-0.2, 0) is 14.8 Å². The summed E-state index contributed by atoms with van der Waals surface area (Å²) in [6.07, 6.45) is 0. The van der Waals surface area contributed by atoms with Crippen molar-refractivity contribution in [1.82, 2.24) is 4.31 Å². The maximum absolute atomic E-state index is 13.9. The van der Waals surface area contributed by atoms with Crippen LogP contribution in [0.25, 0.3) is 0 Å². The van der Waals surface area contributed by atoms with Crippen molar-refractivity contribution in [3.8, 4) is 0 Å². The van der Waals surface area contributed by atoms with Gasteiger partial charge in [-0.05, 0) is 41.9 Å². The number of hydrogen-bond acceptors (Lipinski definition) is 4. The Morgan fingerprint density at radius 1 is 1.45 bits per heavy atom. The molecule has 0 aromatic heterocycles. The molecule has 0 aliphatic heterocycles. The van der Waals surface area contributed by atoms with Gasteiger partial charge in [-0.3, -0.25) is 4.79 Å². The van der Waals surface area contributed by atoms with Crippen LogP contribution >= 0.6 is 15.9 Å². The Kier molecular flexibility index (Phi) is 5.11. The number of nitrogens with two attached hydrogens (primary N) is 2. The Bertz CT molecular complexity index is 634. The molecule has 1 aromatic rings. The third-order valence-corrected chi connectivity index (χ3v) is 5.25. The summed E-state index contributed by atoms with van der Waals surface area (Å²) in [5.41, 5.74) is 10.7. The fourth-order valence-electron chi connectivity index (χ4n) is 1.57.